The van der Waals surface area contributed by atoms with Gasteiger partial charge in [0, 0.05) is 12.3 Å². The summed E-state index contributed by atoms with van der Waals surface area (Å²) in [4.78, 5) is 21.1. The van der Waals surface area contributed by atoms with Crippen molar-refractivity contribution in [1.82, 2.24) is 0 Å². The number of hydrogen-bond donors (Lipinski definition) is 0. The van der Waals surface area contributed by atoms with Crippen LogP contribution >= 0.6 is 0 Å². The SMILES string of the molecule is O=CCC1C2C=CC(C2)C1C=O. The Hall–Kier alpha value is -0.920. The van der Waals surface area contributed by atoms with Gasteiger partial charge in [0.1, 0.15) is 12.6 Å². The van der Waals surface area contributed by atoms with Gasteiger partial charge in [-0.1, -0.05) is 12.2 Å². The molecule has 64 valence electrons. The van der Waals surface area contributed by atoms with Crippen molar-refractivity contribution in [3.63, 3.8) is 0 Å². The summed E-state index contributed by atoms with van der Waals surface area (Å²) >= 11 is 0. The number of hydrogen-bond acceptors (Lipinski definition) is 2. The van der Waals surface area contributed by atoms with E-state index in [2.05, 4.69) is 12.2 Å². The molecule has 0 radical (unpaired) electrons. The molecule has 0 aromatic carbocycles. The molecule has 4 unspecified atom stereocenters. The fourth-order valence-corrected chi connectivity index (χ4v) is 2.61. The summed E-state index contributed by atoms with van der Waals surface area (Å²) in [6, 6.07) is 0. The molecule has 0 heterocycles. The van der Waals surface area contributed by atoms with Crippen LogP contribution in [-0.4, -0.2) is 12.6 Å². The standard InChI is InChI=1S/C10H12O2/c11-4-3-9-7-1-2-8(5-7)10(9)6-12/h1-2,4,6-10H,3,5H2. The molecule has 0 amide bonds. The van der Waals surface area contributed by atoms with Crippen molar-refractivity contribution in [1.29, 1.82) is 0 Å². The number of carbonyl (C=O) groups is 2. The number of rotatable bonds is 3. The normalized spacial score (nSPS) is 43.3. The van der Waals surface area contributed by atoms with Gasteiger partial charge in [-0.2, -0.15) is 0 Å². The van der Waals surface area contributed by atoms with Crippen LogP contribution in [0.25, 0.3) is 0 Å². The molecule has 1 fully saturated rings. The molecule has 0 spiro atoms. The molecule has 2 nitrogen and oxygen atoms in total. The van der Waals surface area contributed by atoms with Crippen LogP contribution in [0, 0.1) is 23.7 Å². The molecule has 0 N–H and O–H groups in total. The first-order valence-electron chi connectivity index (χ1n) is 4.44. The Bertz CT molecular complexity index is 232. The Morgan fingerprint density at radius 3 is 2.67 bits per heavy atom. The second-order valence-electron chi connectivity index (χ2n) is 3.73. The quantitative estimate of drug-likeness (QED) is 0.464. The molecule has 2 rings (SSSR count). The Morgan fingerprint density at radius 2 is 2.00 bits per heavy atom. The first-order valence-corrected chi connectivity index (χ1v) is 4.44. The van der Waals surface area contributed by atoms with Crippen molar-refractivity contribution in [3.8, 4) is 0 Å². The molecular formula is C10H12O2. The first kappa shape index (κ1) is 7.71. The molecule has 2 aliphatic rings. The van der Waals surface area contributed by atoms with Crippen LogP contribution in [0.15, 0.2) is 12.2 Å². The van der Waals surface area contributed by atoms with Gasteiger partial charge in [-0.05, 0) is 24.2 Å². The molecule has 0 aromatic heterocycles. The highest BCUT2D eigenvalue weighted by molar-refractivity contribution is 5.60. The monoisotopic (exact) mass is 164 g/mol. The minimum absolute atomic E-state index is 0.116. The summed E-state index contributed by atoms with van der Waals surface area (Å²) in [6.07, 6.45) is 7.90. The van der Waals surface area contributed by atoms with E-state index in [1.807, 2.05) is 0 Å². The zero-order valence-electron chi connectivity index (χ0n) is 6.85. The van der Waals surface area contributed by atoms with Gasteiger partial charge in [0.2, 0.25) is 0 Å². The lowest BCUT2D eigenvalue weighted by Gasteiger charge is -2.20. The maximum absolute atomic E-state index is 10.7. The van der Waals surface area contributed by atoms with E-state index >= 15 is 0 Å². The number of fused-ring (bicyclic) bond motifs is 2. The summed E-state index contributed by atoms with van der Waals surface area (Å²) in [5, 5.41) is 0. The number of carbonyl (C=O) groups excluding carboxylic acids is 2. The second kappa shape index (κ2) is 2.85. The molecular weight excluding hydrogens is 152 g/mol. The molecule has 2 aliphatic carbocycles. The lowest BCUT2D eigenvalue weighted by molar-refractivity contribution is -0.114. The van der Waals surface area contributed by atoms with E-state index in [9.17, 15) is 9.59 Å². The third kappa shape index (κ3) is 0.942. The van der Waals surface area contributed by atoms with Crippen molar-refractivity contribution in [2.45, 2.75) is 12.8 Å². The van der Waals surface area contributed by atoms with Gasteiger partial charge in [0.15, 0.2) is 0 Å². The Kier molecular flexibility index (Phi) is 1.83. The summed E-state index contributed by atoms with van der Waals surface area (Å²) in [5.41, 5.74) is 0. The molecule has 12 heavy (non-hydrogen) atoms. The fraction of sp³-hybridized carbons (Fsp3) is 0.600. The van der Waals surface area contributed by atoms with Crippen molar-refractivity contribution >= 4 is 12.6 Å². The lowest BCUT2D eigenvalue weighted by Crippen LogP contribution is -2.20. The topological polar surface area (TPSA) is 34.1 Å². The van der Waals surface area contributed by atoms with Crippen molar-refractivity contribution in [3.05, 3.63) is 12.2 Å². The summed E-state index contributed by atoms with van der Waals surface area (Å²) in [7, 11) is 0. The van der Waals surface area contributed by atoms with Gasteiger partial charge in [-0.3, -0.25) is 0 Å². The van der Waals surface area contributed by atoms with Crippen LogP contribution < -0.4 is 0 Å². The molecule has 0 aromatic rings. The zero-order valence-corrected chi connectivity index (χ0v) is 6.85. The number of allylic oxidation sites excluding steroid dienone is 2. The van der Waals surface area contributed by atoms with Crippen LogP contribution in [0.4, 0.5) is 0 Å². The summed E-state index contributed by atoms with van der Waals surface area (Å²) in [5.74, 6) is 1.34. The maximum atomic E-state index is 10.7. The highest BCUT2D eigenvalue weighted by Crippen LogP contribution is 2.47. The highest BCUT2D eigenvalue weighted by Gasteiger charge is 2.43. The Morgan fingerprint density at radius 1 is 1.25 bits per heavy atom. The third-order valence-electron chi connectivity index (χ3n) is 3.21. The Labute approximate surface area is 71.6 Å². The van der Waals surface area contributed by atoms with Crippen molar-refractivity contribution < 1.29 is 9.59 Å². The molecule has 2 heteroatoms. The van der Waals surface area contributed by atoms with E-state index in [4.69, 9.17) is 0 Å². The minimum Gasteiger partial charge on any atom is -0.303 e. The van der Waals surface area contributed by atoms with Gasteiger partial charge in [-0.25, -0.2) is 0 Å². The van der Waals surface area contributed by atoms with E-state index in [1.165, 1.54) is 0 Å². The largest absolute Gasteiger partial charge is 0.303 e. The van der Waals surface area contributed by atoms with E-state index < -0.39 is 0 Å². The first-order chi connectivity index (χ1) is 5.86. The van der Waals surface area contributed by atoms with Crippen LogP contribution in [-0.2, 0) is 9.59 Å². The van der Waals surface area contributed by atoms with Crippen molar-refractivity contribution in [2.24, 2.45) is 23.7 Å². The van der Waals surface area contributed by atoms with E-state index in [1.54, 1.807) is 0 Å². The Balaban J connectivity index is 2.16. The van der Waals surface area contributed by atoms with Gasteiger partial charge >= 0.3 is 0 Å². The van der Waals surface area contributed by atoms with Gasteiger partial charge in [-0.15, -0.1) is 0 Å². The molecule has 1 saturated carbocycles. The molecule has 0 aliphatic heterocycles. The second-order valence-corrected chi connectivity index (χ2v) is 3.73. The van der Waals surface area contributed by atoms with Gasteiger partial charge < -0.3 is 9.59 Å². The average molecular weight is 164 g/mol. The van der Waals surface area contributed by atoms with Crippen LogP contribution in [0.5, 0.6) is 0 Å². The van der Waals surface area contributed by atoms with Crippen LogP contribution in [0.2, 0.25) is 0 Å². The van der Waals surface area contributed by atoms with Crippen LogP contribution in [0.3, 0.4) is 0 Å². The van der Waals surface area contributed by atoms with Gasteiger partial charge in [0.25, 0.3) is 0 Å². The van der Waals surface area contributed by atoms with Gasteiger partial charge in [0.05, 0.1) is 0 Å². The molecule has 4 atom stereocenters. The molecule has 2 bridgehead atoms. The van der Waals surface area contributed by atoms with E-state index in [-0.39, 0.29) is 5.92 Å². The van der Waals surface area contributed by atoms with E-state index in [0.29, 0.717) is 24.2 Å². The van der Waals surface area contributed by atoms with E-state index in [0.717, 1.165) is 19.0 Å². The maximum Gasteiger partial charge on any atom is 0.123 e. The molecule has 0 saturated heterocycles. The summed E-state index contributed by atoms with van der Waals surface area (Å²) < 4.78 is 0. The predicted octanol–water partition coefficient (Wildman–Crippen LogP) is 1.21. The van der Waals surface area contributed by atoms with Crippen molar-refractivity contribution in [2.75, 3.05) is 0 Å². The fourth-order valence-electron chi connectivity index (χ4n) is 2.61. The van der Waals surface area contributed by atoms with Crippen LogP contribution in [0.1, 0.15) is 12.8 Å². The number of aldehydes is 2. The predicted molar refractivity (Wildman–Crippen MR) is 44.5 cm³/mol. The zero-order chi connectivity index (χ0) is 8.55. The third-order valence-corrected chi connectivity index (χ3v) is 3.21. The smallest absolute Gasteiger partial charge is 0.123 e. The minimum atomic E-state index is 0.116. The lowest BCUT2D eigenvalue weighted by atomic mass is 9.82. The average Bonchev–Trinajstić information content (AvgIpc) is 2.64. The summed E-state index contributed by atoms with van der Waals surface area (Å²) in [6.45, 7) is 0. The highest BCUT2D eigenvalue weighted by atomic mass is 16.1.